The number of carbonyl (C=O) groups is 1. The minimum atomic E-state index is -1.01. The first-order valence-corrected chi connectivity index (χ1v) is 10.5. The zero-order valence-corrected chi connectivity index (χ0v) is 17.5. The van der Waals surface area contributed by atoms with Gasteiger partial charge in [0.15, 0.2) is 0 Å². The van der Waals surface area contributed by atoms with E-state index in [0.29, 0.717) is 23.5 Å². The Balaban J connectivity index is 1.39. The smallest absolute Gasteiger partial charge is 0.339 e. The Morgan fingerprint density at radius 2 is 1.75 bits per heavy atom. The van der Waals surface area contributed by atoms with Crippen molar-refractivity contribution >= 4 is 23.0 Å². The van der Waals surface area contributed by atoms with E-state index in [0.717, 1.165) is 47.4 Å². The summed E-state index contributed by atoms with van der Waals surface area (Å²) in [5, 5.41) is 19.8. The minimum Gasteiger partial charge on any atom is -0.491 e. The van der Waals surface area contributed by atoms with Gasteiger partial charge < -0.3 is 24.1 Å². The lowest BCUT2D eigenvalue weighted by Gasteiger charge is -2.19. The van der Waals surface area contributed by atoms with Gasteiger partial charge in [-0.1, -0.05) is 18.2 Å². The van der Waals surface area contributed by atoms with Crippen molar-refractivity contribution in [2.24, 2.45) is 0 Å². The number of carboxylic acids is 1. The number of ether oxygens (including phenoxy) is 2. The number of aliphatic hydroxyl groups excluding tert-OH is 1. The van der Waals surface area contributed by atoms with E-state index in [9.17, 15) is 14.7 Å². The van der Waals surface area contributed by atoms with Gasteiger partial charge in [0.25, 0.3) is 0 Å². The normalized spacial score (nSPS) is 14.3. The van der Waals surface area contributed by atoms with Gasteiger partial charge >= 0.3 is 11.6 Å². The number of carboxylic acid groups (broad SMARTS) is 1. The molecule has 166 valence electrons. The van der Waals surface area contributed by atoms with Crippen LogP contribution in [-0.4, -0.2) is 35.5 Å². The van der Waals surface area contributed by atoms with E-state index in [4.69, 9.17) is 19.0 Å². The molecule has 0 saturated heterocycles. The average Bonchev–Trinajstić information content (AvgIpc) is 2.80. The Hall–Kier alpha value is -3.58. The fourth-order valence-corrected chi connectivity index (χ4v) is 3.85. The molecular weight excluding hydrogens is 412 g/mol. The van der Waals surface area contributed by atoms with Gasteiger partial charge in [0.1, 0.15) is 36.4 Å². The van der Waals surface area contributed by atoms with Crippen LogP contribution in [-0.2, 0) is 17.6 Å². The van der Waals surface area contributed by atoms with Gasteiger partial charge in [0.2, 0.25) is 0 Å². The number of fused-ring (bicyclic) bond motifs is 3. The number of benzene rings is 2. The maximum atomic E-state index is 12.3. The number of aliphatic hydroxyl groups is 1. The van der Waals surface area contributed by atoms with E-state index in [-0.39, 0.29) is 18.8 Å². The summed E-state index contributed by atoms with van der Waals surface area (Å²) < 4.78 is 17.0. The summed E-state index contributed by atoms with van der Waals surface area (Å²) in [6, 6.07) is 12.2. The third-order valence-corrected chi connectivity index (χ3v) is 5.38. The molecule has 2 aromatic carbocycles. The number of hydrogen-bond acceptors (Lipinski definition) is 6. The Morgan fingerprint density at radius 1 is 1.03 bits per heavy atom. The monoisotopic (exact) mass is 436 g/mol. The standard InChI is InChI=1S/C25H24O7/c26-17(14-30-18-11-8-16(9-12-18)10-13-23(27)28)15-31-21-6-3-7-22-24(21)19-4-1-2-5-20(19)25(29)32-22/h3,6-13,17,26H,1-2,4-5,14-15H2,(H,27,28)/b13-10+. The maximum Gasteiger partial charge on any atom is 0.339 e. The molecule has 0 saturated carbocycles. The lowest BCUT2D eigenvalue weighted by atomic mass is 9.90. The van der Waals surface area contributed by atoms with Crippen LogP contribution in [0.4, 0.5) is 0 Å². The number of aryl methyl sites for hydroxylation is 1. The minimum absolute atomic E-state index is 0.0203. The summed E-state index contributed by atoms with van der Waals surface area (Å²) in [6.45, 7) is 0.0503. The zero-order chi connectivity index (χ0) is 22.5. The molecule has 1 unspecified atom stereocenters. The van der Waals surface area contributed by atoms with Crippen molar-refractivity contribution in [3.8, 4) is 11.5 Å². The summed E-state index contributed by atoms with van der Waals surface area (Å²) in [5.74, 6) is 0.123. The van der Waals surface area contributed by atoms with E-state index >= 15 is 0 Å². The number of hydrogen-bond donors (Lipinski definition) is 2. The van der Waals surface area contributed by atoms with Crippen molar-refractivity contribution in [1.82, 2.24) is 0 Å². The van der Waals surface area contributed by atoms with Gasteiger partial charge in [-0.15, -0.1) is 0 Å². The third kappa shape index (κ3) is 5.00. The van der Waals surface area contributed by atoms with Crippen LogP contribution < -0.4 is 15.1 Å². The highest BCUT2D eigenvalue weighted by molar-refractivity contribution is 5.88. The van der Waals surface area contributed by atoms with E-state index in [1.807, 2.05) is 6.07 Å². The van der Waals surface area contributed by atoms with Crippen molar-refractivity contribution in [2.45, 2.75) is 31.8 Å². The molecule has 1 aromatic heterocycles. The topological polar surface area (TPSA) is 106 Å². The fourth-order valence-electron chi connectivity index (χ4n) is 3.85. The summed E-state index contributed by atoms with van der Waals surface area (Å²) in [4.78, 5) is 22.8. The Kier molecular flexibility index (Phi) is 6.56. The van der Waals surface area contributed by atoms with Gasteiger partial charge in [0.05, 0.1) is 5.39 Å². The van der Waals surface area contributed by atoms with Gasteiger partial charge in [0, 0.05) is 11.6 Å². The fraction of sp³-hybridized carbons (Fsp3) is 0.280. The third-order valence-electron chi connectivity index (χ3n) is 5.38. The van der Waals surface area contributed by atoms with Crippen LogP contribution in [0.25, 0.3) is 17.0 Å². The highest BCUT2D eigenvalue weighted by Gasteiger charge is 2.21. The Labute approximate surface area is 184 Å². The Bertz CT molecular complexity index is 1190. The van der Waals surface area contributed by atoms with E-state index < -0.39 is 12.1 Å². The van der Waals surface area contributed by atoms with Crippen LogP contribution in [0.1, 0.15) is 29.5 Å². The summed E-state index contributed by atoms with van der Waals surface area (Å²) >= 11 is 0. The molecule has 1 aliphatic rings. The van der Waals surface area contributed by atoms with Crippen molar-refractivity contribution < 1.29 is 28.9 Å². The van der Waals surface area contributed by atoms with Crippen LogP contribution in [0.3, 0.4) is 0 Å². The lowest BCUT2D eigenvalue weighted by Crippen LogP contribution is -2.25. The molecule has 0 bridgehead atoms. The highest BCUT2D eigenvalue weighted by Crippen LogP contribution is 2.33. The second kappa shape index (κ2) is 9.70. The molecule has 0 aliphatic heterocycles. The highest BCUT2D eigenvalue weighted by atomic mass is 16.5. The second-order valence-corrected chi connectivity index (χ2v) is 7.70. The lowest BCUT2D eigenvalue weighted by molar-refractivity contribution is -0.131. The molecule has 3 aromatic rings. The predicted molar refractivity (Wildman–Crippen MR) is 119 cm³/mol. The predicted octanol–water partition coefficient (Wildman–Crippen LogP) is 3.59. The van der Waals surface area contributed by atoms with Crippen molar-refractivity contribution in [1.29, 1.82) is 0 Å². The van der Waals surface area contributed by atoms with Crippen LogP contribution in [0.15, 0.2) is 57.8 Å². The molecule has 1 aliphatic carbocycles. The molecule has 1 atom stereocenters. The number of rotatable bonds is 8. The maximum absolute atomic E-state index is 12.3. The van der Waals surface area contributed by atoms with Crippen molar-refractivity contribution in [3.63, 3.8) is 0 Å². The molecule has 0 fully saturated rings. The summed E-state index contributed by atoms with van der Waals surface area (Å²) in [5.41, 5.74) is 2.67. The molecule has 4 rings (SSSR count). The summed E-state index contributed by atoms with van der Waals surface area (Å²) in [7, 11) is 0. The quantitative estimate of drug-likeness (QED) is 0.411. The van der Waals surface area contributed by atoms with Crippen LogP contribution >= 0.6 is 0 Å². The largest absolute Gasteiger partial charge is 0.491 e. The first kappa shape index (κ1) is 21.6. The first-order chi connectivity index (χ1) is 15.5. The molecule has 32 heavy (non-hydrogen) atoms. The molecule has 0 spiro atoms. The molecule has 7 nitrogen and oxygen atoms in total. The first-order valence-electron chi connectivity index (χ1n) is 10.5. The Morgan fingerprint density at radius 3 is 2.50 bits per heavy atom. The molecule has 0 radical (unpaired) electrons. The second-order valence-electron chi connectivity index (χ2n) is 7.70. The van der Waals surface area contributed by atoms with Crippen molar-refractivity contribution in [3.05, 3.63) is 75.7 Å². The average molecular weight is 436 g/mol. The van der Waals surface area contributed by atoms with Gasteiger partial charge in [-0.05, 0) is 67.2 Å². The molecule has 0 amide bonds. The van der Waals surface area contributed by atoms with E-state index in [2.05, 4.69) is 0 Å². The van der Waals surface area contributed by atoms with Crippen LogP contribution in [0.5, 0.6) is 11.5 Å². The molecule has 2 N–H and O–H groups in total. The van der Waals surface area contributed by atoms with Gasteiger partial charge in [-0.25, -0.2) is 9.59 Å². The van der Waals surface area contributed by atoms with Crippen LogP contribution in [0.2, 0.25) is 0 Å². The van der Waals surface area contributed by atoms with Gasteiger partial charge in [-0.2, -0.15) is 0 Å². The molecular formula is C25H24O7. The zero-order valence-electron chi connectivity index (χ0n) is 17.5. The SMILES string of the molecule is O=C(O)/C=C/c1ccc(OCC(O)COc2cccc3oc(=O)c4c(c23)CCCC4)cc1. The van der Waals surface area contributed by atoms with Crippen LogP contribution in [0, 0.1) is 0 Å². The molecule has 1 heterocycles. The number of aliphatic carboxylic acids is 1. The molecule has 7 heteroatoms. The summed E-state index contributed by atoms with van der Waals surface area (Å²) in [6.07, 6.45) is 5.18. The van der Waals surface area contributed by atoms with E-state index in [1.54, 1.807) is 36.4 Å². The van der Waals surface area contributed by atoms with Crippen molar-refractivity contribution in [2.75, 3.05) is 13.2 Å². The van der Waals surface area contributed by atoms with E-state index in [1.165, 1.54) is 6.08 Å². The van der Waals surface area contributed by atoms with Gasteiger partial charge in [-0.3, -0.25) is 0 Å².